The number of carbonyl (C=O) groups excluding carboxylic acids is 2. The van der Waals surface area contributed by atoms with Gasteiger partial charge in [-0.3, -0.25) is 9.59 Å². The summed E-state index contributed by atoms with van der Waals surface area (Å²) in [4.78, 5) is 23.5. The first-order valence-electron chi connectivity index (χ1n) is 9.73. The molecule has 166 valence electrons. The number of rotatable bonds is 6. The van der Waals surface area contributed by atoms with E-state index in [9.17, 15) is 14.0 Å². The molecule has 1 aliphatic rings. The molecule has 2 heterocycles. The molecule has 0 bridgehead atoms. The first-order valence-corrected chi connectivity index (χ1v) is 10.8. The molecule has 1 atom stereocenters. The van der Waals surface area contributed by atoms with Gasteiger partial charge in [-0.25, -0.2) is 9.07 Å². The van der Waals surface area contributed by atoms with Crippen LogP contribution in [0.4, 0.5) is 10.2 Å². The number of primary amides is 1. The highest BCUT2D eigenvalue weighted by Crippen LogP contribution is 2.45. The number of carbonyl (C=O) groups is 2. The summed E-state index contributed by atoms with van der Waals surface area (Å²) >= 11 is 1.46. The van der Waals surface area contributed by atoms with Gasteiger partial charge in [-0.05, 0) is 48.9 Å². The zero-order chi connectivity index (χ0) is 22.8. The van der Waals surface area contributed by atoms with E-state index in [1.54, 1.807) is 22.9 Å². The number of hydrogen-bond donors (Lipinski definition) is 2. The molecule has 4 rings (SSSR count). The number of thioether (sulfide) groups is 1. The minimum absolute atomic E-state index is 0.157. The molecule has 3 N–H and O–H groups in total. The smallest absolute Gasteiger partial charge is 0.255 e. The number of nitrogens with one attached hydrogen (secondary N) is 1. The third-order valence-electron chi connectivity index (χ3n) is 4.94. The van der Waals surface area contributed by atoms with Gasteiger partial charge < -0.3 is 20.5 Å². The summed E-state index contributed by atoms with van der Waals surface area (Å²) in [6.45, 7) is 1.60. The number of nitrogens with zero attached hydrogens (tertiary/aromatic N) is 2. The van der Waals surface area contributed by atoms with Crippen LogP contribution in [0.2, 0.25) is 0 Å². The van der Waals surface area contributed by atoms with Crippen molar-refractivity contribution in [2.75, 3.05) is 24.8 Å². The van der Waals surface area contributed by atoms with Gasteiger partial charge in [0.1, 0.15) is 11.6 Å². The van der Waals surface area contributed by atoms with Crippen molar-refractivity contribution in [2.45, 2.75) is 12.2 Å². The third kappa shape index (κ3) is 4.26. The van der Waals surface area contributed by atoms with Crippen LogP contribution in [0.5, 0.6) is 11.5 Å². The number of anilines is 1. The number of methoxy groups -OCH3 is 1. The maximum absolute atomic E-state index is 13.4. The Kier molecular flexibility index (Phi) is 6.04. The minimum Gasteiger partial charge on any atom is -0.493 e. The summed E-state index contributed by atoms with van der Waals surface area (Å²) in [5.74, 6) is 0.516. The standard InChI is InChI=1S/C22H21FN4O4S/c1-12-20-21(13-3-8-16(17(9-13)30-2)31-10-18(24)28)32-11-19(29)25-22(20)27(26-12)15-6-4-14(23)5-7-15/h3-9,21H,10-11H2,1-2H3,(H2,24,28)(H,25,29). The molecule has 10 heteroatoms. The largest absolute Gasteiger partial charge is 0.493 e. The van der Waals surface area contributed by atoms with E-state index >= 15 is 0 Å². The van der Waals surface area contributed by atoms with Crippen LogP contribution in [-0.4, -0.2) is 41.1 Å². The number of amides is 2. The van der Waals surface area contributed by atoms with Crippen molar-refractivity contribution in [1.82, 2.24) is 9.78 Å². The van der Waals surface area contributed by atoms with Gasteiger partial charge >= 0.3 is 0 Å². The molecular formula is C22H21FN4O4S. The number of aromatic nitrogens is 2. The quantitative estimate of drug-likeness (QED) is 0.590. The summed E-state index contributed by atoms with van der Waals surface area (Å²) in [6.07, 6.45) is 0. The summed E-state index contributed by atoms with van der Waals surface area (Å²) in [5, 5.41) is 7.32. The van der Waals surface area contributed by atoms with Crippen molar-refractivity contribution in [3.8, 4) is 17.2 Å². The Balaban J connectivity index is 1.78. The molecule has 1 unspecified atom stereocenters. The van der Waals surface area contributed by atoms with Gasteiger partial charge in [0.2, 0.25) is 5.91 Å². The number of fused-ring (bicyclic) bond motifs is 1. The lowest BCUT2D eigenvalue weighted by Gasteiger charge is -2.18. The Labute approximate surface area is 187 Å². The molecule has 3 aromatic rings. The zero-order valence-corrected chi connectivity index (χ0v) is 18.2. The minimum atomic E-state index is -0.589. The number of aryl methyl sites for hydroxylation is 1. The second-order valence-corrected chi connectivity index (χ2v) is 8.23. The number of hydrogen-bond acceptors (Lipinski definition) is 6. The van der Waals surface area contributed by atoms with Crippen LogP contribution in [-0.2, 0) is 9.59 Å². The van der Waals surface area contributed by atoms with E-state index in [0.717, 1.165) is 16.8 Å². The highest BCUT2D eigenvalue weighted by Gasteiger charge is 2.31. The van der Waals surface area contributed by atoms with Crippen molar-refractivity contribution in [3.63, 3.8) is 0 Å². The van der Waals surface area contributed by atoms with E-state index in [1.807, 2.05) is 19.1 Å². The lowest BCUT2D eigenvalue weighted by Crippen LogP contribution is -2.20. The van der Waals surface area contributed by atoms with E-state index in [2.05, 4.69) is 10.4 Å². The van der Waals surface area contributed by atoms with Gasteiger partial charge in [-0.2, -0.15) is 5.10 Å². The van der Waals surface area contributed by atoms with Gasteiger partial charge in [-0.15, -0.1) is 11.8 Å². The van der Waals surface area contributed by atoms with Crippen LogP contribution in [0.3, 0.4) is 0 Å². The van der Waals surface area contributed by atoms with Crippen LogP contribution in [0.15, 0.2) is 42.5 Å². The zero-order valence-electron chi connectivity index (χ0n) is 17.4. The monoisotopic (exact) mass is 456 g/mol. The third-order valence-corrected chi connectivity index (χ3v) is 6.21. The van der Waals surface area contributed by atoms with E-state index in [1.165, 1.54) is 31.0 Å². The van der Waals surface area contributed by atoms with Gasteiger partial charge in [0.15, 0.2) is 18.1 Å². The summed E-state index contributed by atoms with van der Waals surface area (Å²) in [5.41, 5.74) is 8.25. The van der Waals surface area contributed by atoms with Crippen molar-refractivity contribution >= 4 is 29.4 Å². The topological polar surface area (TPSA) is 108 Å². The Morgan fingerprint density at radius 2 is 2.03 bits per heavy atom. The lowest BCUT2D eigenvalue weighted by atomic mass is 10.0. The van der Waals surface area contributed by atoms with Crippen LogP contribution >= 0.6 is 11.8 Å². The molecular weight excluding hydrogens is 435 g/mol. The fraction of sp³-hybridized carbons (Fsp3) is 0.227. The molecule has 0 aliphatic carbocycles. The van der Waals surface area contributed by atoms with E-state index < -0.39 is 5.91 Å². The van der Waals surface area contributed by atoms with Crippen molar-refractivity contribution in [3.05, 3.63) is 65.1 Å². The molecule has 2 amide bonds. The van der Waals surface area contributed by atoms with Crippen LogP contribution in [0.25, 0.3) is 5.69 Å². The summed E-state index contributed by atoms with van der Waals surface area (Å²) in [6, 6.07) is 11.3. The highest BCUT2D eigenvalue weighted by atomic mass is 32.2. The SMILES string of the molecule is COc1cc(C2SCC(=O)Nc3c2c(C)nn3-c2ccc(F)cc2)ccc1OCC(N)=O. The number of nitrogens with two attached hydrogens (primary N) is 1. The normalized spacial score (nSPS) is 15.5. The fourth-order valence-corrected chi connectivity index (χ4v) is 4.71. The van der Waals surface area contributed by atoms with Gasteiger partial charge in [-0.1, -0.05) is 6.07 Å². The Morgan fingerprint density at radius 1 is 1.28 bits per heavy atom. The lowest BCUT2D eigenvalue weighted by molar-refractivity contribution is -0.120. The van der Waals surface area contributed by atoms with Crippen LogP contribution < -0.4 is 20.5 Å². The predicted molar refractivity (Wildman–Crippen MR) is 119 cm³/mol. The molecule has 0 saturated carbocycles. The van der Waals surface area contributed by atoms with Crippen molar-refractivity contribution in [2.24, 2.45) is 5.73 Å². The molecule has 32 heavy (non-hydrogen) atoms. The van der Waals surface area contributed by atoms with E-state index in [-0.39, 0.29) is 29.3 Å². The first-order chi connectivity index (χ1) is 15.4. The second kappa shape index (κ2) is 8.91. The molecule has 2 aromatic carbocycles. The number of halogens is 1. The maximum Gasteiger partial charge on any atom is 0.255 e. The number of ether oxygens (including phenoxy) is 2. The molecule has 1 aromatic heterocycles. The molecule has 1 aliphatic heterocycles. The predicted octanol–water partition coefficient (Wildman–Crippen LogP) is 2.97. The van der Waals surface area contributed by atoms with E-state index in [4.69, 9.17) is 15.2 Å². The summed E-state index contributed by atoms with van der Waals surface area (Å²) < 4.78 is 25.9. The number of benzene rings is 2. The second-order valence-electron chi connectivity index (χ2n) is 7.14. The maximum atomic E-state index is 13.4. The first kappa shape index (κ1) is 21.7. The Hall–Kier alpha value is -3.53. The van der Waals surface area contributed by atoms with Gasteiger partial charge in [0, 0.05) is 5.56 Å². The average Bonchev–Trinajstić information content (AvgIpc) is 2.97. The Morgan fingerprint density at radius 3 is 2.72 bits per heavy atom. The molecule has 0 saturated heterocycles. The van der Waals surface area contributed by atoms with Gasteiger partial charge in [0.25, 0.3) is 5.91 Å². The Bertz CT molecular complexity index is 1180. The van der Waals surface area contributed by atoms with E-state index in [0.29, 0.717) is 23.0 Å². The van der Waals surface area contributed by atoms with Crippen LogP contribution in [0.1, 0.15) is 22.1 Å². The van der Waals surface area contributed by atoms with Crippen molar-refractivity contribution < 1.29 is 23.5 Å². The molecule has 0 radical (unpaired) electrons. The average molecular weight is 456 g/mol. The highest BCUT2D eigenvalue weighted by molar-refractivity contribution is 8.00. The van der Waals surface area contributed by atoms with Gasteiger partial charge in [0.05, 0.1) is 29.5 Å². The molecule has 0 spiro atoms. The molecule has 8 nitrogen and oxygen atoms in total. The fourth-order valence-electron chi connectivity index (χ4n) is 3.53. The van der Waals surface area contributed by atoms with Crippen molar-refractivity contribution in [1.29, 1.82) is 0 Å². The van der Waals surface area contributed by atoms with Crippen LogP contribution in [0, 0.1) is 12.7 Å². The summed E-state index contributed by atoms with van der Waals surface area (Å²) in [7, 11) is 1.50. The molecule has 0 fully saturated rings.